The van der Waals surface area contributed by atoms with Crippen LogP contribution in [0.25, 0.3) is 0 Å². The largest absolute Gasteiger partial charge is 0.398 e. The van der Waals surface area contributed by atoms with Crippen LogP contribution in [0.1, 0.15) is 36.7 Å². The zero-order valence-corrected chi connectivity index (χ0v) is 9.38. The summed E-state index contributed by atoms with van der Waals surface area (Å²) in [7, 11) is 0. The van der Waals surface area contributed by atoms with Crippen LogP contribution in [-0.4, -0.2) is 0 Å². The lowest BCUT2D eigenvalue weighted by Gasteiger charge is -2.18. The molecule has 0 aliphatic rings. The van der Waals surface area contributed by atoms with Crippen molar-refractivity contribution >= 4 is 11.4 Å². The van der Waals surface area contributed by atoms with Crippen LogP contribution in [-0.2, 0) is 12.8 Å². The second-order valence-corrected chi connectivity index (χ2v) is 3.67. The molecule has 0 bridgehead atoms. The molecule has 0 radical (unpaired) electrons. The first-order valence-corrected chi connectivity index (χ1v) is 5.23. The molecule has 0 atom stereocenters. The van der Waals surface area contributed by atoms with Gasteiger partial charge in [0.2, 0.25) is 0 Å². The Morgan fingerprint density at radius 1 is 1.00 bits per heavy atom. The molecule has 4 nitrogen and oxygen atoms in total. The SMILES string of the molecule is CCc1cc(CC)c(N)c(C(N)N)c1N. The Labute approximate surface area is 90.6 Å². The van der Waals surface area contributed by atoms with Gasteiger partial charge in [-0.05, 0) is 24.0 Å². The van der Waals surface area contributed by atoms with Gasteiger partial charge in [0.05, 0.1) is 6.17 Å². The Hall–Kier alpha value is -1.26. The van der Waals surface area contributed by atoms with Gasteiger partial charge in [0, 0.05) is 16.9 Å². The Bertz CT molecular complexity index is 330. The molecular weight excluding hydrogens is 188 g/mol. The van der Waals surface area contributed by atoms with E-state index < -0.39 is 6.17 Å². The topological polar surface area (TPSA) is 104 Å². The van der Waals surface area contributed by atoms with Crippen LogP contribution in [0, 0.1) is 0 Å². The maximum Gasteiger partial charge on any atom is 0.0825 e. The zero-order valence-electron chi connectivity index (χ0n) is 9.38. The minimum Gasteiger partial charge on any atom is -0.398 e. The van der Waals surface area contributed by atoms with Crippen molar-refractivity contribution in [3.63, 3.8) is 0 Å². The van der Waals surface area contributed by atoms with E-state index in [2.05, 4.69) is 0 Å². The third-order valence-corrected chi connectivity index (χ3v) is 2.72. The second-order valence-electron chi connectivity index (χ2n) is 3.67. The van der Waals surface area contributed by atoms with Crippen molar-refractivity contribution in [2.24, 2.45) is 11.5 Å². The number of anilines is 2. The number of nitrogen functional groups attached to an aromatic ring is 2. The summed E-state index contributed by atoms with van der Waals surface area (Å²) in [6.07, 6.45) is 1.11. The first kappa shape index (κ1) is 11.8. The van der Waals surface area contributed by atoms with Crippen LogP contribution in [0.5, 0.6) is 0 Å². The predicted molar refractivity (Wildman–Crippen MR) is 65.1 cm³/mol. The van der Waals surface area contributed by atoms with Gasteiger partial charge in [0.25, 0.3) is 0 Å². The number of rotatable bonds is 3. The normalized spacial score (nSPS) is 11.0. The molecule has 0 aliphatic heterocycles. The van der Waals surface area contributed by atoms with Gasteiger partial charge in [-0.3, -0.25) is 0 Å². The molecule has 0 unspecified atom stereocenters. The molecule has 84 valence electrons. The number of hydrogen-bond donors (Lipinski definition) is 4. The maximum atomic E-state index is 5.98. The van der Waals surface area contributed by atoms with E-state index in [4.69, 9.17) is 22.9 Å². The van der Waals surface area contributed by atoms with E-state index in [1.807, 2.05) is 19.9 Å². The van der Waals surface area contributed by atoms with Crippen LogP contribution in [0.2, 0.25) is 0 Å². The lowest BCUT2D eigenvalue weighted by Crippen LogP contribution is -2.24. The van der Waals surface area contributed by atoms with Crippen LogP contribution in [0.4, 0.5) is 11.4 Å². The van der Waals surface area contributed by atoms with Gasteiger partial charge >= 0.3 is 0 Å². The Morgan fingerprint density at radius 3 is 1.67 bits per heavy atom. The van der Waals surface area contributed by atoms with Crippen molar-refractivity contribution in [1.82, 2.24) is 0 Å². The van der Waals surface area contributed by atoms with Crippen LogP contribution >= 0.6 is 0 Å². The van der Waals surface area contributed by atoms with Gasteiger partial charge in [-0.15, -0.1) is 0 Å². The molecule has 0 aliphatic carbocycles. The molecule has 1 aromatic carbocycles. The van der Waals surface area contributed by atoms with Crippen molar-refractivity contribution in [2.45, 2.75) is 32.9 Å². The summed E-state index contributed by atoms with van der Waals surface area (Å²) in [5, 5.41) is 0. The first-order chi connectivity index (χ1) is 7.02. The lowest BCUT2D eigenvalue weighted by atomic mass is 9.96. The van der Waals surface area contributed by atoms with Crippen molar-refractivity contribution in [2.75, 3.05) is 11.5 Å². The van der Waals surface area contributed by atoms with Gasteiger partial charge in [0.15, 0.2) is 0 Å². The molecule has 8 N–H and O–H groups in total. The molecule has 0 heterocycles. The van der Waals surface area contributed by atoms with Crippen LogP contribution < -0.4 is 22.9 Å². The smallest absolute Gasteiger partial charge is 0.0825 e. The summed E-state index contributed by atoms with van der Waals surface area (Å²) >= 11 is 0. The Morgan fingerprint density at radius 2 is 1.40 bits per heavy atom. The summed E-state index contributed by atoms with van der Waals surface area (Å²) in [6, 6.07) is 2.04. The fraction of sp³-hybridized carbons (Fsp3) is 0.455. The summed E-state index contributed by atoms with van der Waals surface area (Å²) < 4.78 is 0. The van der Waals surface area contributed by atoms with Crippen molar-refractivity contribution in [3.8, 4) is 0 Å². The van der Waals surface area contributed by atoms with Crippen molar-refractivity contribution in [3.05, 3.63) is 22.8 Å². The average molecular weight is 208 g/mol. The third kappa shape index (κ3) is 2.06. The van der Waals surface area contributed by atoms with Gasteiger partial charge < -0.3 is 22.9 Å². The van der Waals surface area contributed by atoms with E-state index in [-0.39, 0.29) is 0 Å². The monoisotopic (exact) mass is 208 g/mol. The maximum absolute atomic E-state index is 5.98. The first-order valence-electron chi connectivity index (χ1n) is 5.23. The number of nitrogens with two attached hydrogens (primary N) is 4. The number of aryl methyl sites for hydroxylation is 2. The highest BCUT2D eigenvalue weighted by Gasteiger charge is 2.15. The molecule has 4 heteroatoms. The highest BCUT2D eigenvalue weighted by atomic mass is 14.9. The lowest BCUT2D eigenvalue weighted by molar-refractivity contribution is 0.775. The van der Waals surface area contributed by atoms with Gasteiger partial charge in [-0.2, -0.15) is 0 Å². The van der Waals surface area contributed by atoms with Crippen LogP contribution in [0.3, 0.4) is 0 Å². The summed E-state index contributed by atoms with van der Waals surface area (Å²) in [5.74, 6) is 0. The number of hydrogen-bond acceptors (Lipinski definition) is 4. The molecule has 0 fully saturated rings. The highest BCUT2D eigenvalue weighted by molar-refractivity contribution is 5.70. The second kappa shape index (κ2) is 4.51. The molecule has 0 saturated heterocycles. The van der Waals surface area contributed by atoms with Crippen molar-refractivity contribution < 1.29 is 0 Å². The van der Waals surface area contributed by atoms with E-state index in [1.54, 1.807) is 0 Å². The fourth-order valence-electron chi connectivity index (χ4n) is 1.80. The van der Waals surface area contributed by atoms with Crippen LogP contribution in [0.15, 0.2) is 6.07 Å². The highest BCUT2D eigenvalue weighted by Crippen LogP contribution is 2.31. The Kier molecular flexibility index (Phi) is 3.55. The minimum absolute atomic E-state index is 0.609. The Balaban J connectivity index is 3.46. The standard InChI is InChI=1S/C11H20N4/c1-3-6-5-7(4-2)10(13)8(9(6)12)11(14)15/h5,11H,3-4,12-15H2,1-2H3. The minimum atomic E-state index is -0.609. The van der Waals surface area contributed by atoms with Crippen molar-refractivity contribution in [1.29, 1.82) is 0 Å². The average Bonchev–Trinajstić information content (AvgIpc) is 2.18. The zero-order chi connectivity index (χ0) is 11.6. The molecule has 0 aromatic heterocycles. The van der Waals surface area contributed by atoms with Gasteiger partial charge in [-0.1, -0.05) is 19.9 Å². The molecular formula is C11H20N4. The molecule has 0 spiro atoms. The van der Waals surface area contributed by atoms with E-state index >= 15 is 0 Å². The number of benzene rings is 1. The molecule has 0 amide bonds. The summed E-state index contributed by atoms with van der Waals surface area (Å²) in [6.45, 7) is 4.10. The quantitative estimate of drug-likeness (QED) is 0.437. The van der Waals surface area contributed by atoms with Gasteiger partial charge in [-0.25, -0.2) is 0 Å². The molecule has 1 aromatic rings. The fourth-order valence-corrected chi connectivity index (χ4v) is 1.80. The van der Waals surface area contributed by atoms with E-state index in [9.17, 15) is 0 Å². The third-order valence-electron chi connectivity index (χ3n) is 2.72. The predicted octanol–water partition coefficient (Wildman–Crippen LogP) is 0.892. The van der Waals surface area contributed by atoms with E-state index in [0.29, 0.717) is 16.9 Å². The van der Waals surface area contributed by atoms with E-state index in [0.717, 1.165) is 24.0 Å². The molecule has 1 rings (SSSR count). The summed E-state index contributed by atoms with van der Waals surface area (Å²) in [4.78, 5) is 0. The molecule has 0 saturated carbocycles. The summed E-state index contributed by atoms with van der Waals surface area (Å²) in [5.41, 5.74) is 27.4. The molecule has 15 heavy (non-hydrogen) atoms. The van der Waals surface area contributed by atoms with Gasteiger partial charge in [0.1, 0.15) is 0 Å². The van der Waals surface area contributed by atoms with E-state index in [1.165, 1.54) is 0 Å².